The molecule has 3 nitrogen and oxygen atoms in total. The normalized spacial score (nSPS) is 18.9. The van der Waals surface area contributed by atoms with Gasteiger partial charge in [-0.25, -0.2) is 0 Å². The minimum absolute atomic E-state index is 0.193. The quantitative estimate of drug-likeness (QED) is 0.929. The summed E-state index contributed by atoms with van der Waals surface area (Å²) in [5.41, 5.74) is 6.08. The van der Waals surface area contributed by atoms with E-state index in [4.69, 9.17) is 15.2 Å². The van der Waals surface area contributed by atoms with Crippen LogP contribution in [-0.4, -0.2) is 20.3 Å². The van der Waals surface area contributed by atoms with Crippen LogP contribution in [0.2, 0.25) is 0 Å². The Kier molecular flexibility index (Phi) is 4.55. The molecule has 1 aromatic rings. The van der Waals surface area contributed by atoms with Gasteiger partial charge in [-0.1, -0.05) is 6.07 Å². The molecule has 0 radical (unpaired) electrons. The lowest BCUT2D eigenvalue weighted by atomic mass is 9.87. The number of hydrogen-bond donors (Lipinski definition) is 1. The van der Waals surface area contributed by atoms with Crippen molar-refractivity contribution in [2.24, 2.45) is 11.7 Å². The van der Waals surface area contributed by atoms with Crippen LogP contribution in [0.5, 0.6) is 5.75 Å². The highest BCUT2D eigenvalue weighted by Crippen LogP contribution is 2.37. The highest BCUT2D eigenvalue weighted by Gasteiger charge is 2.32. The third-order valence-corrected chi connectivity index (χ3v) is 3.69. The second-order valence-corrected chi connectivity index (χ2v) is 4.93. The fourth-order valence-electron chi connectivity index (χ4n) is 2.49. The smallest absolute Gasteiger partial charge is 0.416 e. The Labute approximate surface area is 115 Å². The van der Waals surface area contributed by atoms with Crippen LogP contribution in [0, 0.1) is 5.92 Å². The zero-order chi connectivity index (χ0) is 14.8. The number of nitrogens with two attached hydrogens (primary N) is 1. The summed E-state index contributed by atoms with van der Waals surface area (Å²) in [5, 5.41) is 0. The summed E-state index contributed by atoms with van der Waals surface area (Å²) >= 11 is 0. The molecule has 0 bridgehead atoms. The summed E-state index contributed by atoms with van der Waals surface area (Å²) < 4.78 is 48.4. The van der Waals surface area contributed by atoms with E-state index in [1.165, 1.54) is 13.2 Å². The Morgan fingerprint density at radius 2 is 1.95 bits per heavy atom. The Morgan fingerprint density at radius 3 is 2.50 bits per heavy atom. The molecule has 0 amide bonds. The lowest BCUT2D eigenvalue weighted by molar-refractivity contribution is -0.137. The molecule has 0 aromatic heterocycles. The van der Waals surface area contributed by atoms with Crippen LogP contribution in [0.25, 0.3) is 0 Å². The number of halogens is 3. The number of ether oxygens (including phenoxy) is 2. The van der Waals surface area contributed by atoms with Crippen LogP contribution in [0.15, 0.2) is 18.2 Å². The lowest BCUT2D eigenvalue weighted by Crippen LogP contribution is -2.27. The molecule has 2 N–H and O–H groups in total. The monoisotopic (exact) mass is 289 g/mol. The van der Waals surface area contributed by atoms with Gasteiger partial charge in [-0.3, -0.25) is 0 Å². The third kappa shape index (κ3) is 3.24. The summed E-state index contributed by atoms with van der Waals surface area (Å²) in [6.07, 6.45) is -2.76. The first-order valence-electron chi connectivity index (χ1n) is 6.52. The Balaban J connectivity index is 2.26. The van der Waals surface area contributed by atoms with Crippen molar-refractivity contribution in [1.29, 1.82) is 0 Å². The van der Waals surface area contributed by atoms with Gasteiger partial charge in [-0.15, -0.1) is 0 Å². The van der Waals surface area contributed by atoms with E-state index >= 15 is 0 Å². The van der Waals surface area contributed by atoms with Crippen molar-refractivity contribution in [2.45, 2.75) is 25.1 Å². The Morgan fingerprint density at radius 1 is 1.30 bits per heavy atom. The van der Waals surface area contributed by atoms with Crippen molar-refractivity contribution < 1.29 is 22.6 Å². The standard InChI is InChI=1S/C14H18F3NO2/c1-19-12-8-10(14(15,16)17)2-3-11(12)13(18)9-4-6-20-7-5-9/h2-3,8-9,13H,4-7,18H2,1H3/t13-/m1/s1. The Bertz CT molecular complexity index is 456. The second kappa shape index (κ2) is 6.01. The van der Waals surface area contributed by atoms with Gasteiger partial charge in [0.05, 0.1) is 12.7 Å². The zero-order valence-electron chi connectivity index (χ0n) is 11.2. The van der Waals surface area contributed by atoms with E-state index in [0.717, 1.165) is 25.0 Å². The summed E-state index contributed by atoms with van der Waals surface area (Å²) in [7, 11) is 1.36. The zero-order valence-corrected chi connectivity index (χ0v) is 11.2. The molecule has 1 saturated heterocycles. The molecular formula is C14H18F3NO2. The second-order valence-electron chi connectivity index (χ2n) is 4.93. The number of rotatable bonds is 3. The van der Waals surface area contributed by atoms with E-state index < -0.39 is 11.7 Å². The van der Waals surface area contributed by atoms with E-state index in [-0.39, 0.29) is 17.7 Å². The van der Waals surface area contributed by atoms with Gasteiger partial charge in [0, 0.05) is 24.8 Å². The maximum atomic E-state index is 12.7. The first-order chi connectivity index (χ1) is 9.43. The van der Waals surface area contributed by atoms with Crippen molar-refractivity contribution in [1.82, 2.24) is 0 Å². The summed E-state index contributed by atoms with van der Waals surface area (Å²) in [6.45, 7) is 1.28. The van der Waals surface area contributed by atoms with Crippen molar-refractivity contribution in [3.63, 3.8) is 0 Å². The van der Waals surface area contributed by atoms with Crippen LogP contribution >= 0.6 is 0 Å². The summed E-state index contributed by atoms with van der Waals surface area (Å²) in [4.78, 5) is 0. The predicted molar refractivity (Wildman–Crippen MR) is 68.5 cm³/mol. The minimum Gasteiger partial charge on any atom is -0.496 e. The van der Waals surface area contributed by atoms with Crippen LogP contribution in [0.1, 0.15) is 30.0 Å². The molecule has 6 heteroatoms. The maximum Gasteiger partial charge on any atom is 0.416 e. The topological polar surface area (TPSA) is 44.5 Å². The molecule has 1 fully saturated rings. The summed E-state index contributed by atoms with van der Waals surface area (Å²) in [6, 6.07) is 3.14. The average Bonchev–Trinajstić information content (AvgIpc) is 2.45. The van der Waals surface area contributed by atoms with Crippen molar-refractivity contribution in [3.8, 4) is 5.75 Å². The van der Waals surface area contributed by atoms with E-state index in [0.29, 0.717) is 18.8 Å². The molecular weight excluding hydrogens is 271 g/mol. The maximum absolute atomic E-state index is 12.7. The number of alkyl halides is 3. The van der Waals surface area contributed by atoms with Gasteiger partial charge in [0.2, 0.25) is 0 Å². The van der Waals surface area contributed by atoms with Crippen molar-refractivity contribution >= 4 is 0 Å². The van der Waals surface area contributed by atoms with Gasteiger partial charge in [-0.2, -0.15) is 13.2 Å². The van der Waals surface area contributed by atoms with Gasteiger partial charge in [-0.05, 0) is 30.9 Å². The average molecular weight is 289 g/mol. The van der Waals surface area contributed by atoms with Gasteiger partial charge in [0.15, 0.2) is 0 Å². The molecule has 1 aromatic carbocycles. The fraction of sp³-hybridized carbons (Fsp3) is 0.571. The summed E-state index contributed by atoms with van der Waals surface area (Å²) in [5.74, 6) is 0.396. The van der Waals surface area contributed by atoms with Gasteiger partial charge in [0.1, 0.15) is 5.75 Å². The van der Waals surface area contributed by atoms with E-state index in [2.05, 4.69) is 0 Å². The molecule has 1 atom stereocenters. The first-order valence-corrected chi connectivity index (χ1v) is 6.52. The molecule has 1 aliphatic heterocycles. The lowest BCUT2D eigenvalue weighted by Gasteiger charge is -2.29. The fourth-order valence-corrected chi connectivity index (χ4v) is 2.49. The predicted octanol–water partition coefficient (Wildman–Crippen LogP) is 3.14. The third-order valence-electron chi connectivity index (χ3n) is 3.69. The largest absolute Gasteiger partial charge is 0.496 e. The van der Waals surface area contributed by atoms with Gasteiger partial charge < -0.3 is 15.2 Å². The van der Waals surface area contributed by atoms with Crippen molar-refractivity contribution in [2.75, 3.05) is 20.3 Å². The molecule has 1 aliphatic rings. The molecule has 0 saturated carbocycles. The van der Waals surface area contributed by atoms with Crippen LogP contribution < -0.4 is 10.5 Å². The van der Waals surface area contributed by atoms with E-state index in [9.17, 15) is 13.2 Å². The van der Waals surface area contributed by atoms with Crippen LogP contribution in [0.4, 0.5) is 13.2 Å². The first kappa shape index (κ1) is 15.1. The number of hydrogen-bond acceptors (Lipinski definition) is 3. The highest BCUT2D eigenvalue weighted by molar-refractivity contribution is 5.40. The SMILES string of the molecule is COc1cc(C(F)(F)F)ccc1[C@H](N)C1CCOCC1. The molecule has 0 spiro atoms. The van der Waals surface area contributed by atoms with E-state index in [1.807, 2.05) is 0 Å². The van der Waals surface area contributed by atoms with Crippen molar-refractivity contribution in [3.05, 3.63) is 29.3 Å². The van der Waals surface area contributed by atoms with Crippen LogP contribution in [-0.2, 0) is 10.9 Å². The molecule has 112 valence electrons. The molecule has 0 aliphatic carbocycles. The minimum atomic E-state index is -4.38. The van der Waals surface area contributed by atoms with Crippen LogP contribution in [0.3, 0.4) is 0 Å². The van der Waals surface area contributed by atoms with Gasteiger partial charge in [0.25, 0.3) is 0 Å². The number of benzene rings is 1. The van der Waals surface area contributed by atoms with E-state index in [1.54, 1.807) is 0 Å². The molecule has 2 rings (SSSR count). The Hall–Kier alpha value is -1.27. The molecule has 1 heterocycles. The highest BCUT2D eigenvalue weighted by atomic mass is 19.4. The van der Waals surface area contributed by atoms with Gasteiger partial charge >= 0.3 is 6.18 Å². The molecule has 0 unspecified atom stereocenters. The number of methoxy groups -OCH3 is 1. The molecule has 20 heavy (non-hydrogen) atoms.